The van der Waals surface area contributed by atoms with Crippen molar-refractivity contribution in [1.82, 2.24) is 5.32 Å². The Morgan fingerprint density at radius 3 is 2.35 bits per heavy atom. The molecular weight excluding hydrogens is 452 g/mol. The number of ether oxygens (including phenoxy) is 2. The van der Waals surface area contributed by atoms with Gasteiger partial charge in [0.15, 0.2) is 0 Å². The summed E-state index contributed by atoms with van der Waals surface area (Å²) in [5, 5.41) is 23.3. The molecule has 34 heavy (non-hydrogen) atoms. The van der Waals surface area contributed by atoms with Gasteiger partial charge in [-0.1, -0.05) is 18.6 Å². The van der Waals surface area contributed by atoms with Crippen LogP contribution in [0.4, 0.5) is 5.69 Å². The molecular formula is C21H26N4O9. The van der Waals surface area contributed by atoms with Crippen LogP contribution in [0.5, 0.6) is 0 Å². The van der Waals surface area contributed by atoms with E-state index in [-0.39, 0.29) is 35.9 Å². The molecule has 0 fully saturated rings. The number of nitro benzene ring substituents is 1. The Labute approximate surface area is 194 Å². The van der Waals surface area contributed by atoms with Crippen LogP contribution in [0, 0.1) is 20.2 Å². The van der Waals surface area contributed by atoms with Crippen LogP contribution in [0.3, 0.4) is 0 Å². The number of carbonyl (C=O) groups excluding carboxylic acids is 2. The quantitative estimate of drug-likeness (QED) is 0.194. The zero-order chi connectivity index (χ0) is 25.3. The van der Waals surface area contributed by atoms with Crippen LogP contribution in [0.15, 0.2) is 46.9 Å². The van der Waals surface area contributed by atoms with E-state index < -0.39 is 27.9 Å². The first-order valence-electron chi connectivity index (χ1n) is 10.4. The van der Waals surface area contributed by atoms with Gasteiger partial charge in [-0.3, -0.25) is 10.1 Å². The molecule has 1 atom stereocenters. The molecule has 1 aliphatic rings. The molecule has 13 nitrogen and oxygen atoms in total. The van der Waals surface area contributed by atoms with Crippen molar-refractivity contribution in [2.24, 2.45) is 5.73 Å². The number of rotatable bonds is 12. The fraction of sp³-hybridized carbons (Fsp3) is 0.429. The van der Waals surface area contributed by atoms with Gasteiger partial charge in [-0.05, 0) is 31.7 Å². The fourth-order valence-corrected chi connectivity index (χ4v) is 3.55. The number of nitro groups is 1. The van der Waals surface area contributed by atoms with Gasteiger partial charge in [0.05, 0.1) is 42.3 Å². The van der Waals surface area contributed by atoms with Crippen LogP contribution >= 0.6 is 0 Å². The smallest absolute Gasteiger partial charge is 0.338 e. The van der Waals surface area contributed by atoms with Gasteiger partial charge in [-0.2, -0.15) is 0 Å². The second-order valence-corrected chi connectivity index (χ2v) is 7.37. The van der Waals surface area contributed by atoms with Gasteiger partial charge in [-0.25, -0.2) is 9.59 Å². The number of non-ortho nitro benzene ring substituents is 1. The van der Waals surface area contributed by atoms with Crippen LogP contribution < -0.4 is 11.1 Å². The van der Waals surface area contributed by atoms with Crippen molar-refractivity contribution in [3.63, 3.8) is 0 Å². The number of nitrogens with one attached hydrogen (secondary N) is 1. The summed E-state index contributed by atoms with van der Waals surface area (Å²) in [6, 6.07) is 5.55. The molecule has 0 aromatic heterocycles. The monoisotopic (exact) mass is 478 g/mol. The number of hydrogen-bond donors (Lipinski definition) is 2. The lowest BCUT2D eigenvalue weighted by atomic mass is 9.81. The maximum Gasteiger partial charge on any atom is 0.338 e. The van der Waals surface area contributed by atoms with Crippen molar-refractivity contribution in [1.29, 1.82) is 0 Å². The lowest BCUT2D eigenvalue weighted by Gasteiger charge is -2.29. The second kappa shape index (κ2) is 12.2. The summed E-state index contributed by atoms with van der Waals surface area (Å²) < 4.78 is 10.2. The Kier molecular flexibility index (Phi) is 9.35. The van der Waals surface area contributed by atoms with Crippen molar-refractivity contribution in [2.45, 2.75) is 38.5 Å². The van der Waals surface area contributed by atoms with Crippen LogP contribution in [0.25, 0.3) is 0 Å². The molecule has 1 heterocycles. The van der Waals surface area contributed by atoms with E-state index in [1.54, 1.807) is 13.0 Å². The predicted molar refractivity (Wildman–Crippen MR) is 117 cm³/mol. The molecule has 0 spiro atoms. The standard InChI is InChI=1S/C21H26N4O9/c1-13-16(20(26)32-2)17(14-8-7-9-15(12-14)24(28)29)18(19(22)23-13)21(27)33-10-5-3-4-6-11-34-25(30)31/h7-9,12,17,23H,3-6,10-11,22H2,1-2H3. The predicted octanol–water partition coefficient (Wildman–Crippen LogP) is 2.21. The van der Waals surface area contributed by atoms with Crippen LogP contribution in [0.2, 0.25) is 0 Å². The number of carbonyl (C=O) groups is 2. The zero-order valence-corrected chi connectivity index (χ0v) is 18.8. The number of benzene rings is 1. The van der Waals surface area contributed by atoms with Crippen molar-refractivity contribution in [2.75, 3.05) is 20.3 Å². The molecule has 1 aromatic rings. The van der Waals surface area contributed by atoms with E-state index in [0.717, 1.165) is 0 Å². The molecule has 184 valence electrons. The van der Waals surface area contributed by atoms with Gasteiger partial charge in [0.25, 0.3) is 10.8 Å². The third kappa shape index (κ3) is 6.67. The molecule has 0 bridgehead atoms. The largest absolute Gasteiger partial charge is 0.466 e. The van der Waals surface area contributed by atoms with Crippen LogP contribution in [-0.4, -0.2) is 42.3 Å². The molecule has 2 rings (SSSR count). The molecule has 1 aromatic carbocycles. The third-order valence-electron chi connectivity index (χ3n) is 5.10. The van der Waals surface area contributed by atoms with Gasteiger partial charge in [0, 0.05) is 17.8 Å². The van der Waals surface area contributed by atoms with E-state index in [0.29, 0.717) is 36.9 Å². The average molecular weight is 478 g/mol. The molecule has 1 aliphatic heterocycles. The Hall–Kier alpha value is -4.16. The van der Waals surface area contributed by atoms with Crippen LogP contribution in [0.1, 0.15) is 44.1 Å². The van der Waals surface area contributed by atoms with E-state index in [2.05, 4.69) is 10.2 Å². The number of methoxy groups -OCH3 is 1. The summed E-state index contributed by atoms with van der Waals surface area (Å²) in [6.45, 7) is 1.62. The van der Waals surface area contributed by atoms with Gasteiger partial charge >= 0.3 is 11.9 Å². The summed E-state index contributed by atoms with van der Waals surface area (Å²) in [7, 11) is 1.18. The summed E-state index contributed by atoms with van der Waals surface area (Å²) in [6.07, 6.45) is 2.26. The van der Waals surface area contributed by atoms with Gasteiger partial charge in [0.2, 0.25) is 0 Å². The number of dihydropyridines is 1. The Balaban J connectivity index is 2.19. The Morgan fingerprint density at radius 2 is 1.74 bits per heavy atom. The molecule has 0 saturated carbocycles. The molecule has 13 heteroatoms. The van der Waals surface area contributed by atoms with Gasteiger partial charge < -0.3 is 25.4 Å². The van der Waals surface area contributed by atoms with Gasteiger partial charge in [0.1, 0.15) is 5.82 Å². The minimum absolute atomic E-state index is 0.00520. The Morgan fingerprint density at radius 1 is 1.06 bits per heavy atom. The summed E-state index contributed by atoms with van der Waals surface area (Å²) in [4.78, 5) is 50.6. The third-order valence-corrected chi connectivity index (χ3v) is 5.10. The SMILES string of the molecule is COC(=O)C1=C(C)NC(N)=C(C(=O)OCCCCCCO[N+](=O)[O-])C1c1cccc([N+](=O)[O-])c1. The van der Waals surface area contributed by atoms with Crippen molar-refractivity contribution >= 4 is 17.6 Å². The van der Waals surface area contributed by atoms with E-state index in [1.807, 2.05) is 0 Å². The first-order valence-corrected chi connectivity index (χ1v) is 10.4. The highest BCUT2D eigenvalue weighted by Gasteiger charge is 2.38. The second-order valence-electron chi connectivity index (χ2n) is 7.37. The highest BCUT2D eigenvalue weighted by atomic mass is 16.9. The highest BCUT2D eigenvalue weighted by Crippen LogP contribution is 2.39. The van der Waals surface area contributed by atoms with E-state index in [1.165, 1.54) is 25.3 Å². The fourth-order valence-electron chi connectivity index (χ4n) is 3.55. The maximum absolute atomic E-state index is 13.0. The first-order chi connectivity index (χ1) is 16.2. The molecule has 0 radical (unpaired) electrons. The van der Waals surface area contributed by atoms with Gasteiger partial charge in [-0.15, -0.1) is 10.1 Å². The Bertz CT molecular complexity index is 1020. The normalized spacial score (nSPS) is 15.4. The summed E-state index contributed by atoms with van der Waals surface area (Å²) >= 11 is 0. The number of unbranched alkanes of at least 4 members (excludes halogenated alkanes) is 3. The zero-order valence-electron chi connectivity index (χ0n) is 18.8. The topological polar surface area (TPSA) is 186 Å². The number of esters is 2. The summed E-state index contributed by atoms with van der Waals surface area (Å²) in [5.41, 5.74) is 6.53. The average Bonchev–Trinajstić information content (AvgIpc) is 2.79. The summed E-state index contributed by atoms with van der Waals surface area (Å²) in [5.74, 6) is -2.59. The van der Waals surface area contributed by atoms with E-state index in [4.69, 9.17) is 15.2 Å². The van der Waals surface area contributed by atoms with Crippen molar-refractivity contribution in [3.05, 3.63) is 72.7 Å². The number of nitrogens with two attached hydrogens (primary N) is 1. The lowest BCUT2D eigenvalue weighted by molar-refractivity contribution is -0.757. The van der Waals surface area contributed by atoms with Crippen molar-refractivity contribution < 1.29 is 33.9 Å². The van der Waals surface area contributed by atoms with E-state index >= 15 is 0 Å². The first kappa shape index (κ1) is 26.1. The van der Waals surface area contributed by atoms with Crippen LogP contribution in [-0.2, 0) is 23.9 Å². The molecule has 1 unspecified atom stereocenters. The maximum atomic E-state index is 13.0. The number of hydrogen-bond acceptors (Lipinski definition) is 11. The van der Waals surface area contributed by atoms with E-state index in [9.17, 15) is 29.8 Å². The molecule has 3 N–H and O–H groups in total. The minimum atomic E-state index is -1.04. The molecule has 0 aliphatic carbocycles. The molecule has 0 amide bonds. The molecule has 0 saturated heterocycles. The number of allylic oxidation sites excluding steroid dienone is 1. The van der Waals surface area contributed by atoms with Crippen molar-refractivity contribution in [3.8, 4) is 0 Å². The minimum Gasteiger partial charge on any atom is -0.466 e. The lowest BCUT2D eigenvalue weighted by Crippen LogP contribution is -2.36. The highest BCUT2D eigenvalue weighted by molar-refractivity contribution is 5.99. The number of nitrogens with zero attached hydrogens (tertiary/aromatic N) is 2.